The zero-order valence-corrected chi connectivity index (χ0v) is 11.4. The number of hydrogen-bond donors (Lipinski definition) is 1. The summed E-state index contributed by atoms with van der Waals surface area (Å²) < 4.78 is 21.3. The molecule has 1 aromatic rings. The normalized spacial score (nSPS) is 29.9. The third-order valence-corrected chi connectivity index (χ3v) is 3.90. The summed E-state index contributed by atoms with van der Waals surface area (Å²) in [6, 6.07) is 6.02. The summed E-state index contributed by atoms with van der Waals surface area (Å²) in [6.07, 6.45) is -0.876. The van der Waals surface area contributed by atoms with Crippen molar-refractivity contribution in [3.8, 4) is 0 Å². The van der Waals surface area contributed by atoms with E-state index in [0.717, 1.165) is 0 Å². The molecule has 0 aliphatic carbocycles. The first kappa shape index (κ1) is 14.1. The number of nitro groups is 1. The van der Waals surface area contributed by atoms with E-state index in [1.807, 2.05) is 0 Å². The highest BCUT2D eigenvalue weighted by molar-refractivity contribution is 7.47. The molecule has 0 radical (unpaired) electrons. The molecule has 0 aromatic heterocycles. The van der Waals surface area contributed by atoms with Gasteiger partial charge in [0.15, 0.2) is 0 Å². The summed E-state index contributed by atoms with van der Waals surface area (Å²) in [5.41, 5.74) is -0.513. The topological polar surface area (TPSA) is 98.9 Å². The van der Waals surface area contributed by atoms with Crippen molar-refractivity contribution in [2.45, 2.75) is 20.0 Å². The molecule has 19 heavy (non-hydrogen) atoms. The predicted molar refractivity (Wildman–Crippen MR) is 66.5 cm³/mol. The summed E-state index contributed by atoms with van der Waals surface area (Å²) in [5.74, 6) is 0. The molecular formula is C11H14NO6P. The predicted octanol–water partition coefficient (Wildman–Crippen LogP) is 2.81. The Labute approximate surface area is 109 Å². The lowest BCUT2D eigenvalue weighted by atomic mass is 9.83. The molecule has 0 spiro atoms. The molecule has 1 saturated heterocycles. The lowest BCUT2D eigenvalue weighted by Gasteiger charge is -2.39. The molecule has 0 saturated carbocycles. The van der Waals surface area contributed by atoms with Gasteiger partial charge in [-0.15, -0.1) is 0 Å². The Morgan fingerprint density at radius 2 is 2.11 bits per heavy atom. The largest absolute Gasteiger partial charge is 0.472 e. The van der Waals surface area contributed by atoms with Crippen molar-refractivity contribution < 1.29 is 23.4 Å². The van der Waals surface area contributed by atoms with Crippen LogP contribution in [0.3, 0.4) is 0 Å². The van der Waals surface area contributed by atoms with E-state index in [1.54, 1.807) is 19.9 Å². The summed E-state index contributed by atoms with van der Waals surface area (Å²) in [4.78, 5) is 19.9. The van der Waals surface area contributed by atoms with Gasteiger partial charge < -0.3 is 4.89 Å². The minimum Gasteiger partial charge on any atom is -0.302 e. The van der Waals surface area contributed by atoms with E-state index < -0.39 is 24.3 Å². The lowest BCUT2D eigenvalue weighted by Crippen LogP contribution is -2.33. The standard InChI is InChI=1S/C11H14NO6P/c1-11(2)7-17-19(15,16)18-10(11)8-5-3-4-6-9(8)12(13)14/h3-6,10H,7H2,1-2H3,(H,15,16). The summed E-state index contributed by atoms with van der Waals surface area (Å²) in [5, 5.41) is 11.0. The van der Waals surface area contributed by atoms with Crippen LogP contribution in [0, 0.1) is 15.5 Å². The molecule has 1 aliphatic rings. The molecule has 0 bridgehead atoms. The van der Waals surface area contributed by atoms with Crippen LogP contribution < -0.4 is 0 Å². The van der Waals surface area contributed by atoms with Crippen LogP contribution in [-0.2, 0) is 13.6 Å². The maximum Gasteiger partial charge on any atom is 0.472 e. The number of nitro benzene ring substituents is 1. The van der Waals surface area contributed by atoms with Gasteiger partial charge in [0.25, 0.3) is 5.69 Å². The van der Waals surface area contributed by atoms with E-state index in [1.165, 1.54) is 18.2 Å². The highest BCUT2D eigenvalue weighted by Crippen LogP contribution is 2.58. The highest BCUT2D eigenvalue weighted by Gasteiger charge is 2.46. The van der Waals surface area contributed by atoms with Gasteiger partial charge in [-0.1, -0.05) is 26.0 Å². The molecule has 1 N–H and O–H groups in total. The van der Waals surface area contributed by atoms with E-state index in [2.05, 4.69) is 0 Å². The second-order valence-corrected chi connectivity index (χ2v) is 6.44. The van der Waals surface area contributed by atoms with Crippen LogP contribution in [0.15, 0.2) is 24.3 Å². The van der Waals surface area contributed by atoms with Gasteiger partial charge in [0.2, 0.25) is 0 Å². The number of nitrogens with zero attached hydrogens (tertiary/aromatic N) is 1. The number of benzene rings is 1. The Morgan fingerprint density at radius 1 is 1.47 bits per heavy atom. The zero-order valence-electron chi connectivity index (χ0n) is 10.5. The Kier molecular flexibility index (Phi) is 3.49. The van der Waals surface area contributed by atoms with E-state index >= 15 is 0 Å². The molecule has 2 atom stereocenters. The van der Waals surface area contributed by atoms with Crippen molar-refractivity contribution in [2.75, 3.05) is 6.61 Å². The van der Waals surface area contributed by atoms with E-state index in [4.69, 9.17) is 9.05 Å². The fourth-order valence-electron chi connectivity index (χ4n) is 1.98. The fourth-order valence-corrected chi connectivity index (χ4v) is 3.21. The number of para-hydroxylation sites is 1. The van der Waals surface area contributed by atoms with Gasteiger partial charge in [-0.05, 0) is 6.07 Å². The van der Waals surface area contributed by atoms with Crippen LogP contribution in [0.5, 0.6) is 0 Å². The second kappa shape index (κ2) is 4.68. The van der Waals surface area contributed by atoms with Crippen LogP contribution in [0.4, 0.5) is 5.69 Å². The third-order valence-electron chi connectivity index (χ3n) is 2.96. The Bertz CT molecular complexity index is 558. The van der Waals surface area contributed by atoms with Crippen molar-refractivity contribution >= 4 is 13.5 Å². The minimum atomic E-state index is -4.16. The SMILES string of the molecule is CC1(C)COP(=O)(O)OC1c1ccccc1[N+](=O)[O-]. The Morgan fingerprint density at radius 3 is 2.74 bits per heavy atom. The average Bonchev–Trinajstić information content (AvgIpc) is 2.33. The molecule has 1 fully saturated rings. The Balaban J connectivity index is 2.49. The summed E-state index contributed by atoms with van der Waals surface area (Å²) in [6.45, 7) is 3.50. The van der Waals surface area contributed by atoms with Crippen LogP contribution in [-0.4, -0.2) is 16.4 Å². The van der Waals surface area contributed by atoms with Gasteiger partial charge in [0.05, 0.1) is 17.1 Å². The number of hydrogen-bond acceptors (Lipinski definition) is 5. The minimum absolute atomic E-state index is 0.0164. The van der Waals surface area contributed by atoms with Gasteiger partial charge in [-0.3, -0.25) is 19.2 Å². The first-order valence-electron chi connectivity index (χ1n) is 5.62. The van der Waals surface area contributed by atoms with Crippen LogP contribution in [0.1, 0.15) is 25.5 Å². The van der Waals surface area contributed by atoms with Crippen molar-refractivity contribution in [3.05, 3.63) is 39.9 Å². The van der Waals surface area contributed by atoms with Crippen LogP contribution in [0.2, 0.25) is 0 Å². The fraction of sp³-hybridized carbons (Fsp3) is 0.455. The van der Waals surface area contributed by atoms with Crippen molar-refractivity contribution in [3.63, 3.8) is 0 Å². The molecule has 1 aromatic carbocycles. The zero-order chi connectivity index (χ0) is 14.3. The average molecular weight is 287 g/mol. The number of phosphoric ester groups is 1. The van der Waals surface area contributed by atoms with Crippen molar-refractivity contribution in [1.29, 1.82) is 0 Å². The van der Waals surface area contributed by atoms with E-state index in [9.17, 15) is 19.6 Å². The van der Waals surface area contributed by atoms with E-state index in [-0.39, 0.29) is 17.9 Å². The molecular weight excluding hydrogens is 273 g/mol. The molecule has 2 unspecified atom stereocenters. The van der Waals surface area contributed by atoms with Gasteiger partial charge >= 0.3 is 7.82 Å². The summed E-state index contributed by atoms with van der Waals surface area (Å²) in [7, 11) is -4.16. The maximum absolute atomic E-state index is 11.5. The highest BCUT2D eigenvalue weighted by atomic mass is 31.2. The molecule has 1 aliphatic heterocycles. The maximum atomic E-state index is 11.5. The molecule has 8 heteroatoms. The first-order chi connectivity index (χ1) is 8.73. The molecule has 104 valence electrons. The molecule has 1 heterocycles. The third kappa shape index (κ3) is 2.84. The molecule has 2 rings (SSSR count). The molecule has 0 amide bonds. The van der Waals surface area contributed by atoms with Gasteiger partial charge in [0, 0.05) is 11.5 Å². The van der Waals surface area contributed by atoms with Crippen LogP contribution in [0.25, 0.3) is 0 Å². The van der Waals surface area contributed by atoms with Gasteiger partial charge in [0.1, 0.15) is 6.10 Å². The van der Waals surface area contributed by atoms with Crippen LogP contribution >= 0.6 is 7.82 Å². The number of rotatable bonds is 2. The lowest BCUT2D eigenvalue weighted by molar-refractivity contribution is -0.386. The molecule has 7 nitrogen and oxygen atoms in total. The summed E-state index contributed by atoms with van der Waals surface area (Å²) >= 11 is 0. The van der Waals surface area contributed by atoms with E-state index in [0.29, 0.717) is 0 Å². The second-order valence-electron chi connectivity index (χ2n) is 5.03. The van der Waals surface area contributed by atoms with Crippen molar-refractivity contribution in [2.24, 2.45) is 5.41 Å². The number of phosphoric acid groups is 1. The van der Waals surface area contributed by atoms with Crippen molar-refractivity contribution in [1.82, 2.24) is 0 Å². The van der Waals surface area contributed by atoms with Gasteiger partial charge in [-0.2, -0.15) is 0 Å². The smallest absolute Gasteiger partial charge is 0.302 e. The quantitative estimate of drug-likeness (QED) is 0.510. The monoisotopic (exact) mass is 287 g/mol. The first-order valence-corrected chi connectivity index (χ1v) is 7.11. The Hall–Kier alpha value is -1.27. The van der Waals surface area contributed by atoms with Gasteiger partial charge in [-0.25, -0.2) is 4.57 Å².